The summed E-state index contributed by atoms with van der Waals surface area (Å²) in [6.45, 7) is 3.78. The zero-order chi connectivity index (χ0) is 11.7. The molecule has 0 amide bonds. The van der Waals surface area contributed by atoms with Gasteiger partial charge in [-0.1, -0.05) is 6.07 Å². The van der Waals surface area contributed by atoms with E-state index < -0.39 is 6.17 Å². The van der Waals surface area contributed by atoms with Crippen molar-refractivity contribution in [2.75, 3.05) is 24.5 Å². The van der Waals surface area contributed by atoms with Crippen LogP contribution in [-0.4, -0.2) is 25.8 Å². The molecular formula is C14H19FN2. The van der Waals surface area contributed by atoms with E-state index in [-0.39, 0.29) is 0 Å². The van der Waals surface area contributed by atoms with Crippen molar-refractivity contribution in [1.82, 2.24) is 5.32 Å². The van der Waals surface area contributed by atoms with E-state index in [1.165, 1.54) is 16.8 Å². The Morgan fingerprint density at radius 1 is 1.18 bits per heavy atom. The molecule has 1 N–H and O–H groups in total. The Labute approximate surface area is 102 Å². The quantitative estimate of drug-likeness (QED) is 0.802. The number of piperidine rings is 1. The maximum Gasteiger partial charge on any atom is 0.103 e. The van der Waals surface area contributed by atoms with E-state index in [9.17, 15) is 4.39 Å². The third kappa shape index (κ3) is 2.29. The highest BCUT2D eigenvalue weighted by Crippen LogP contribution is 2.25. The number of anilines is 1. The van der Waals surface area contributed by atoms with Crippen LogP contribution in [-0.2, 0) is 13.0 Å². The minimum atomic E-state index is -0.590. The predicted molar refractivity (Wildman–Crippen MR) is 68.2 cm³/mol. The Morgan fingerprint density at radius 3 is 2.82 bits per heavy atom. The Bertz CT molecular complexity index is 397. The number of hydrogen-bond donors (Lipinski definition) is 1. The molecule has 1 aromatic rings. The number of fused-ring (bicyclic) bond motifs is 1. The number of nitrogens with one attached hydrogen (secondary N) is 1. The van der Waals surface area contributed by atoms with Gasteiger partial charge >= 0.3 is 0 Å². The van der Waals surface area contributed by atoms with Crippen molar-refractivity contribution < 1.29 is 4.39 Å². The van der Waals surface area contributed by atoms with E-state index in [0.29, 0.717) is 12.8 Å². The van der Waals surface area contributed by atoms with Gasteiger partial charge in [0, 0.05) is 25.3 Å². The minimum absolute atomic E-state index is 0.590. The molecule has 2 aliphatic heterocycles. The summed E-state index contributed by atoms with van der Waals surface area (Å²) in [6.07, 6.45) is 1.88. The van der Waals surface area contributed by atoms with E-state index in [1.807, 2.05) is 0 Å². The first kappa shape index (κ1) is 11.0. The fraction of sp³-hybridized carbons (Fsp3) is 0.571. The third-order valence-corrected chi connectivity index (χ3v) is 3.87. The third-order valence-electron chi connectivity index (χ3n) is 3.87. The van der Waals surface area contributed by atoms with Crippen LogP contribution in [0.2, 0.25) is 0 Å². The molecule has 92 valence electrons. The van der Waals surface area contributed by atoms with Crippen LogP contribution in [0.5, 0.6) is 0 Å². The van der Waals surface area contributed by atoms with Crippen LogP contribution in [0.25, 0.3) is 0 Å². The lowest BCUT2D eigenvalue weighted by molar-refractivity contribution is 0.277. The molecule has 0 aromatic heterocycles. The molecular weight excluding hydrogens is 215 g/mol. The highest BCUT2D eigenvalue weighted by molar-refractivity contribution is 5.52. The van der Waals surface area contributed by atoms with Crippen molar-refractivity contribution in [2.45, 2.75) is 32.0 Å². The standard InChI is InChI=1S/C14H19FN2/c15-13-4-7-17(8-5-13)14-2-1-12-10-16-6-3-11(12)9-14/h1-2,9,13,16H,3-8,10H2. The summed E-state index contributed by atoms with van der Waals surface area (Å²) in [5.41, 5.74) is 4.15. The van der Waals surface area contributed by atoms with Crippen molar-refractivity contribution in [3.63, 3.8) is 0 Å². The molecule has 3 heteroatoms. The van der Waals surface area contributed by atoms with Crippen LogP contribution in [0, 0.1) is 0 Å². The average molecular weight is 234 g/mol. The minimum Gasteiger partial charge on any atom is -0.371 e. The second-order valence-electron chi connectivity index (χ2n) is 5.04. The number of rotatable bonds is 1. The van der Waals surface area contributed by atoms with Crippen LogP contribution in [0.15, 0.2) is 18.2 Å². The number of hydrogen-bond acceptors (Lipinski definition) is 2. The van der Waals surface area contributed by atoms with Gasteiger partial charge in [0.15, 0.2) is 0 Å². The Kier molecular flexibility index (Phi) is 3.02. The molecule has 0 saturated carbocycles. The maximum absolute atomic E-state index is 13.1. The normalized spacial score (nSPS) is 21.4. The Hall–Kier alpha value is -1.09. The van der Waals surface area contributed by atoms with Gasteiger partial charge in [0.25, 0.3) is 0 Å². The van der Waals surface area contributed by atoms with Gasteiger partial charge in [-0.25, -0.2) is 4.39 Å². The molecule has 0 aliphatic carbocycles. The van der Waals surface area contributed by atoms with Crippen molar-refractivity contribution >= 4 is 5.69 Å². The second kappa shape index (κ2) is 4.65. The Morgan fingerprint density at radius 2 is 2.00 bits per heavy atom. The molecule has 0 radical (unpaired) electrons. The summed E-state index contributed by atoms with van der Waals surface area (Å²) >= 11 is 0. The van der Waals surface area contributed by atoms with Crippen LogP contribution >= 0.6 is 0 Å². The first-order chi connectivity index (χ1) is 8.33. The molecule has 1 fully saturated rings. The lowest BCUT2D eigenvalue weighted by Gasteiger charge is -2.31. The van der Waals surface area contributed by atoms with Gasteiger partial charge in [0.1, 0.15) is 6.17 Å². The number of halogens is 1. The summed E-state index contributed by atoms with van der Waals surface area (Å²) in [6, 6.07) is 6.71. The molecule has 0 atom stereocenters. The highest BCUT2D eigenvalue weighted by Gasteiger charge is 2.19. The fourth-order valence-corrected chi connectivity index (χ4v) is 2.77. The SMILES string of the molecule is FC1CCN(c2ccc3c(c2)CCNC3)CC1. The monoisotopic (exact) mass is 234 g/mol. The van der Waals surface area contributed by atoms with Gasteiger partial charge in [0.2, 0.25) is 0 Å². The lowest BCUT2D eigenvalue weighted by Crippen LogP contribution is -2.34. The summed E-state index contributed by atoms with van der Waals surface area (Å²) in [5.74, 6) is 0. The van der Waals surface area contributed by atoms with Gasteiger partial charge in [-0.05, 0) is 49.1 Å². The summed E-state index contributed by atoms with van der Waals surface area (Å²) < 4.78 is 13.1. The van der Waals surface area contributed by atoms with Crippen molar-refractivity contribution in [3.05, 3.63) is 29.3 Å². The smallest absolute Gasteiger partial charge is 0.103 e. The molecule has 2 nitrogen and oxygen atoms in total. The van der Waals surface area contributed by atoms with Gasteiger partial charge in [-0.15, -0.1) is 0 Å². The summed E-state index contributed by atoms with van der Waals surface area (Å²) in [5, 5.41) is 3.38. The molecule has 1 aromatic carbocycles. The van der Waals surface area contributed by atoms with E-state index >= 15 is 0 Å². The topological polar surface area (TPSA) is 15.3 Å². The maximum atomic E-state index is 13.1. The molecule has 2 heterocycles. The van der Waals surface area contributed by atoms with Gasteiger partial charge in [-0.2, -0.15) is 0 Å². The van der Waals surface area contributed by atoms with Crippen molar-refractivity contribution in [3.8, 4) is 0 Å². The van der Waals surface area contributed by atoms with E-state index in [1.54, 1.807) is 0 Å². The fourth-order valence-electron chi connectivity index (χ4n) is 2.77. The van der Waals surface area contributed by atoms with Crippen LogP contribution in [0.1, 0.15) is 24.0 Å². The Balaban J connectivity index is 1.79. The van der Waals surface area contributed by atoms with Crippen molar-refractivity contribution in [1.29, 1.82) is 0 Å². The van der Waals surface area contributed by atoms with Crippen LogP contribution in [0.3, 0.4) is 0 Å². The number of alkyl halides is 1. The van der Waals surface area contributed by atoms with Gasteiger partial charge in [0.05, 0.1) is 0 Å². The lowest BCUT2D eigenvalue weighted by atomic mass is 9.99. The van der Waals surface area contributed by atoms with Crippen molar-refractivity contribution in [2.24, 2.45) is 0 Å². The zero-order valence-corrected chi connectivity index (χ0v) is 10.1. The van der Waals surface area contributed by atoms with E-state index in [4.69, 9.17) is 0 Å². The largest absolute Gasteiger partial charge is 0.371 e. The first-order valence-corrected chi connectivity index (χ1v) is 6.54. The molecule has 17 heavy (non-hydrogen) atoms. The van der Waals surface area contributed by atoms with Gasteiger partial charge < -0.3 is 10.2 Å². The molecule has 1 saturated heterocycles. The van der Waals surface area contributed by atoms with Crippen LogP contribution in [0.4, 0.5) is 10.1 Å². The highest BCUT2D eigenvalue weighted by atomic mass is 19.1. The second-order valence-corrected chi connectivity index (χ2v) is 5.04. The van der Waals surface area contributed by atoms with E-state index in [0.717, 1.165) is 32.6 Å². The zero-order valence-electron chi connectivity index (χ0n) is 10.1. The summed E-state index contributed by atoms with van der Waals surface area (Å²) in [7, 11) is 0. The molecule has 3 rings (SSSR count). The first-order valence-electron chi connectivity index (χ1n) is 6.54. The number of nitrogens with zero attached hydrogens (tertiary/aromatic N) is 1. The van der Waals surface area contributed by atoms with E-state index in [2.05, 4.69) is 28.4 Å². The average Bonchev–Trinajstić information content (AvgIpc) is 2.39. The molecule has 2 aliphatic rings. The molecule has 0 unspecified atom stereocenters. The predicted octanol–water partition coefficient (Wildman–Crippen LogP) is 2.27. The number of benzene rings is 1. The van der Waals surface area contributed by atoms with Crippen LogP contribution < -0.4 is 10.2 Å². The van der Waals surface area contributed by atoms with Gasteiger partial charge in [-0.3, -0.25) is 0 Å². The summed E-state index contributed by atoms with van der Waals surface area (Å²) in [4.78, 5) is 2.32. The molecule has 0 spiro atoms. The molecule has 0 bridgehead atoms.